The largest absolute Gasteiger partial charge is 0.496 e. The maximum Gasteiger partial charge on any atom is 0.244 e. The zero-order chi connectivity index (χ0) is 20.2. The van der Waals surface area contributed by atoms with E-state index >= 15 is 0 Å². The Balaban J connectivity index is 1.57. The summed E-state index contributed by atoms with van der Waals surface area (Å²) in [7, 11) is 3.52. The van der Waals surface area contributed by atoms with Crippen LogP contribution in [0.25, 0.3) is 6.08 Å². The predicted octanol–water partition coefficient (Wildman–Crippen LogP) is 3.28. The molecule has 0 fully saturated rings. The van der Waals surface area contributed by atoms with E-state index in [0.717, 1.165) is 29.1 Å². The lowest BCUT2D eigenvalue weighted by molar-refractivity contribution is -0.117. The number of carbonyl (C=O) groups is 1. The summed E-state index contributed by atoms with van der Waals surface area (Å²) < 4.78 is 12.9. The Morgan fingerprint density at radius 2 is 2.17 bits per heavy atom. The highest BCUT2D eigenvalue weighted by Crippen LogP contribution is 2.29. The van der Waals surface area contributed by atoms with E-state index in [0.29, 0.717) is 12.4 Å². The number of nitrogens with zero attached hydrogens (tertiary/aromatic N) is 2. The number of carbonyl (C=O) groups excluding carboxylic acids is 1. The third kappa shape index (κ3) is 4.01. The second-order valence-electron chi connectivity index (χ2n) is 6.88. The van der Waals surface area contributed by atoms with Gasteiger partial charge in [0.05, 0.1) is 13.7 Å². The van der Waals surface area contributed by atoms with Gasteiger partial charge in [0.1, 0.15) is 23.4 Å². The van der Waals surface area contributed by atoms with Crippen LogP contribution in [0, 0.1) is 0 Å². The van der Waals surface area contributed by atoms with Gasteiger partial charge in [-0.25, -0.2) is 4.98 Å². The Hall–Kier alpha value is -3.54. The minimum absolute atomic E-state index is 0.208. The van der Waals surface area contributed by atoms with E-state index in [9.17, 15) is 4.79 Å². The molecule has 1 atom stereocenters. The lowest BCUT2D eigenvalue weighted by Crippen LogP contribution is -2.30. The number of imidazole rings is 1. The third-order valence-electron chi connectivity index (χ3n) is 4.99. The van der Waals surface area contributed by atoms with Crippen LogP contribution >= 0.6 is 0 Å². The van der Waals surface area contributed by atoms with Gasteiger partial charge in [-0.3, -0.25) is 4.79 Å². The number of benzene rings is 2. The molecule has 0 radical (unpaired) electrons. The van der Waals surface area contributed by atoms with Crippen molar-refractivity contribution in [1.29, 1.82) is 0 Å². The summed E-state index contributed by atoms with van der Waals surface area (Å²) in [4.78, 5) is 17.2. The first kappa shape index (κ1) is 18.8. The Morgan fingerprint density at radius 1 is 1.31 bits per heavy atom. The molecule has 0 saturated carbocycles. The second kappa shape index (κ2) is 8.22. The number of amides is 1. The van der Waals surface area contributed by atoms with Gasteiger partial charge in [0.2, 0.25) is 5.91 Å². The molecule has 0 saturated heterocycles. The molecule has 148 valence electrons. The van der Waals surface area contributed by atoms with Gasteiger partial charge in [-0.1, -0.05) is 24.3 Å². The monoisotopic (exact) mass is 389 g/mol. The van der Waals surface area contributed by atoms with Crippen LogP contribution in [0.3, 0.4) is 0 Å². The molecule has 4 rings (SSSR count). The molecule has 6 heteroatoms. The van der Waals surface area contributed by atoms with Gasteiger partial charge in [0.15, 0.2) is 0 Å². The molecular weight excluding hydrogens is 366 g/mol. The van der Waals surface area contributed by atoms with E-state index in [1.165, 1.54) is 5.56 Å². The van der Waals surface area contributed by atoms with Crippen molar-refractivity contribution >= 4 is 12.0 Å². The van der Waals surface area contributed by atoms with Crippen molar-refractivity contribution in [2.75, 3.05) is 13.7 Å². The topological polar surface area (TPSA) is 65.4 Å². The number of para-hydroxylation sites is 1. The smallest absolute Gasteiger partial charge is 0.244 e. The molecule has 1 N–H and O–H groups in total. The van der Waals surface area contributed by atoms with Crippen molar-refractivity contribution in [3.63, 3.8) is 0 Å². The summed E-state index contributed by atoms with van der Waals surface area (Å²) in [6, 6.07) is 13.2. The third-order valence-corrected chi connectivity index (χ3v) is 4.99. The Bertz CT molecular complexity index is 1060. The lowest BCUT2D eigenvalue weighted by Gasteiger charge is -2.20. The molecule has 6 nitrogen and oxygen atoms in total. The summed E-state index contributed by atoms with van der Waals surface area (Å²) in [5.41, 5.74) is 2.99. The number of fused-ring (bicyclic) bond motifs is 1. The van der Waals surface area contributed by atoms with Crippen LogP contribution in [0.15, 0.2) is 60.9 Å². The number of rotatable bonds is 6. The number of ether oxygens (including phenoxy) is 2. The molecule has 0 spiro atoms. The van der Waals surface area contributed by atoms with Crippen molar-refractivity contribution in [1.82, 2.24) is 14.9 Å². The van der Waals surface area contributed by atoms with E-state index < -0.39 is 6.04 Å². The van der Waals surface area contributed by atoms with Crippen molar-refractivity contribution < 1.29 is 14.3 Å². The number of aromatic nitrogens is 2. The highest BCUT2D eigenvalue weighted by molar-refractivity contribution is 5.92. The van der Waals surface area contributed by atoms with Crippen LogP contribution in [0.2, 0.25) is 0 Å². The predicted molar refractivity (Wildman–Crippen MR) is 111 cm³/mol. The first-order chi connectivity index (χ1) is 14.2. The molecule has 1 aliphatic rings. The maximum absolute atomic E-state index is 12.7. The summed E-state index contributed by atoms with van der Waals surface area (Å²) in [5, 5.41) is 3.06. The lowest BCUT2D eigenvalue weighted by atomic mass is 10.0. The summed E-state index contributed by atoms with van der Waals surface area (Å²) in [6.07, 6.45) is 7.82. The Labute approximate surface area is 169 Å². The van der Waals surface area contributed by atoms with Gasteiger partial charge in [-0.15, -0.1) is 0 Å². The van der Waals surface area contributed by atoms with Crippen LogP contribution in [-0.2, 0) is 18.3 Å². The minimum Gasteiger partial charge on any atom is -0.496 e. The molecule has 1 unspecified atom stereocenters. The zero-order valence-electron chi connectivity index (χ0n) is 16.5. The number of aryl methyl sites for hydroxylation is 1. The normalized spacial score (nSPS) is 13.7. The summed E-state index contributed by atoms with van der Waals surface area (Å²) in [5.74, 6) is 2.15. The fourth-order valence-electron chi connectivity index (χ4n) is 3.51. The molecule has 3 aromatic rings. The number of methoxy groups -OCH3 is 1. The molecule has 0 aliphatic carbocycles. The standard InChI is InChI=1S/C23H23N3O3/c1-26-13-12-24-23(26)22(18-5-3-4-6-20(18)28-2)25-21(27)10-8-16-7-9-19-17(15-16)11-14-29-19/h3-10,12-13,15,22H,11,14H2,1-2H3,(H,25,27)/b10-8+. The number of hydrogen-bond donors (Lipinski definition) is 1. The van der Waals surface area contributed by atoms with E-state index in [1.807, 2.05) is 60.3 Å². The van der Waals surface area contributed by atoms with E-state index in [1.54, 1.807) is 19.4 Å². The highest BCUT2D eigenvalue weighted by atomic mass is 16.5. The highest BCUT2D eigenvalue weighted by Gasteiger charge is 2.23. The zero-order valence-corrected chi connectivity index (χ0v) is 16.5. The molecular formula is C23H23N3O3. The molecule has 1 aliphatic heterocycles. The van der Waals surface area contributed by atoms with Crippen molar-refractivity contribution in [3.8, 4) is 11.5 Å². The van der Waals surface area contributed by atoms with Crippen molar-refractivity contribution in [2.45, 2.75) is 12.5 Å². The van der Waals surface area contributed by atoms with Crippen LogP contribution < -0.4 is 14.8 Å². The van der Waals surface area contributed by atoms with Crippen molar-refractivity contribution in [3.05, 3.63) is 83.4 Å². The van der Waals surface area contributed by atoms with Gasteiger partial charge in [0, 0.05) is 37.5 Å². The van der Waals surface area contributed by atoms with Crippen LogP contribution in [-0.4, -0.2) is 29.2 Å². The fourth-order valence-corrected chi connectivity index (χ4v) is 3.51. The van der Waals surface area contributed by atoms with E-state index in [2.05, 4.69) is 16.4 Å². The molecule has 1 amide bonds. The summed E-state index contributed by atoms with van der Waals surface area (Å²) >= 11 is 0. The summed E-state index contributed by atoms with van der Waals surface area (Å²) in [6.45, 7) is 0.716. The quantitative estimate of drug-likeness (QED) is 0.657. The molecule has 2 aromatic carbocycles. The first-order valence-corrected chi connectivity index (χ1v) is 9.50. The van der Waals surface area contributed by atoms with E-state index in [4.69, 9.17) is 9.47 Å². The Morgan fingerprint density at radius 3 is 2.97 bits per heavy atom. The first-order valence-electron chi connectivity index (χ1n) is 9.50. The number of nitrogens with one attached hydrogen (secondary N) is 1. The van der Waals surface area contributed by atoms with Crippen LogP contribution in [0.4, 0.5) is 0 Å². The van der Waals surface area contributed by atoms with Gasteiger partial charge in [-0.2, -0.15) is 0 Å². The molecule has 0 bridgehead atoms. The maximum atomic E-state index is 12.7. The van der Waals surface area contributed by atoms with Gasteiger partial charge < -0.3 is 19.4 Å². The Kier molecular flexibility index (Phi) is 5.33. The number of hydrogen-bond acceptors (Lipinski definition) is 4. The van der Waals surface area contributed by atoms with Gasteiger partial charge >= 0.3 is 0 Å². The average Bonchev–Trinajstić information content (AvgIpc) is 3.38. The van der Waals surface area contributed by atoms with Gasteiger partial charge in [0.25, 0.3) is 0 Å². The molecule has 29 heavy (non-hydrogen) atoms. The minimum atomic E-state index is -0.434. The van der Waals surface area contributed by atoms with Crippen LogP contribution in [0.1, 0.15) is 28.6 Å². The molecule has 2 heterocycles. The average molecular weight is 389 g/mol. The SMILES string of the molecule is COc1ccccc1C(NC(=O)/C=C/c1ccc2c(c1)CCO2)c1nccn1C. The van der Waals surface area contributed by atoms with E-state index in [-0.39, 0.29) is 5.91 Å². The van der Waals surface area contributed by atoms with Crippen molar-refractivity contribution in [2.24, 2.45) is 7.05 Å². The molecule has 1 aromatic heterocycles. The second-order valence-corrected chi connectivity index (χ2v) is 6.88. The van der Waals surface area contributed by atoms with Crippen LogP contribution in [0.5, 0.6) is 11.5 Å². The fraction of sp³-hybridized carbons (Fsp3) is 0.217. The van der Waals surface area contributed by atoms with Gasteiger partial charge in [-0.05, 0) is 35.4 Å².